The summed E-state index contributed by atoms with van der Waals surface area (Å²) in [4.78, 5) is 0. The lowest BCUT2D eigenvalue weighted by molar-refractivity contribution is -0.251. The quantitative estimate of drug-likeness (QED) is 0.781. The minimum Gasteiger partial charge on any atom is -0.362 e. The number of halogens is 3. The predicted octanol–water partition coefficient (Wildman–Crippen LogP) is 2.47. The number of nitrogens with two attached hydrogens (primary N) is 1. The predicted molar refractivity (Wildman–Crippen MR) is 48.9 cm³/mol. The van der Waals surface area contributed by atoms with Crippen LogP contribution in [0.15, 0.2) is 0 Å². The van der Waals surface area contributed by atoms with Crippen LogP contribution in [0.1, 0.15) is 34.1 Å². The molecule has 86 valence electrons. The average Bonchev–Trinajstić information content (AvgIpc) is 1.95. The van der Waals surface area contributed by atoms with Crippen molar-refractivity contribution in [3.63, 3.8) is 0 Å². The molecule has 0 aromatic rings. The first-order valence-electron chi connectivity index (χ1n) is 4.58. The van der Waals surface area contributed by atoms with Gasteiger partial charge in [-0.25, -0.2) is 0 Å². The van der Waals surface area contributed by atoms with Gasteiger partial charge >= 0.3 is 6.18 Å². The van der Waals surface area contributed by atoms with Crippen LogP contribution in [0, 0.1) is 0 Å². The number of rotatable bonds is 3. The Kier molecular flexibility index (Phi) is 4.39. The molecule has 0 aromatic carbocycles. The topological polar surface area (TPSA) is 35.2 Å². The van der Waals surface area contributed by atoms with Crippen LogP contribution in [0.3, 0.4) is 0 Å². The number of ether oxygens (including phenoxy) is 1. The summed E-state index contributed by atoms with van der Waals surface area (Å²) in [5.74, 6) is 0. The van der Waals surface area contributed by atoms with Crippen molar-refractivity contribution in [1.29, 1.82) is 0 Å². The maximum atomic E-state index is 12.5. The van der Waals surface area contributed by atoms with E-state index < -0.39 is 23.9 Å². The maximum absolute atomic E-state index is 12.5. The molecule has 2 unspecified atom stereocenters. The Morgan fingerprint density at radius 3 is 1.86 bits per heavy atom. The highest BCUT2D eigenvalue weighted by atomic mass is 19.4. The largest absolute Gasteiger partial charge is 0.416 e. The Morgan fingerprint density at radius 2 is 1.64 bits per heavy atom. The van der Waals surface area contributed by atoms with Crippen molar-refractivity contribution < 1.29 is 17.9 Å². The van der Waals surface area contributed by atoms with Gasteiger partial charge in [0.25, 0.3) is 0 Å². The average molecular weight is 213 g/mol. The van der Waals surface area contributed by atoms with Crippen molar-refractivity contribution in [2.24, 2.45) is 5.73 Å². The molecular weight excluding hydrogens is 195 g/mol. The summed E-state index contributed by atoms with van der Waals surface area (Å²) in [6, 6.07) is -1.01. The van der Waals surface area contributed by atoms with Crippen LogP contribution in [0.25, 0.3) is 0 Å². The number of hydrogen-bond donors (Lipinski definition) is 1. The number of alkyl halides is 3. The molecule has 0 bridgehead atoms. The van der Waals surface area contributed by atoms with Crippen molar-refractivity contribution in [2.45, 2.75) is 58.0 Å². The second kappa shape index (κ2) is 4.49. The summed E-state index contributed by atoms with van der Waals surface area (Å²) in [7, 11) is 0. The third kappa shape index (κ3) is 4.81. The van der Waals surface area contributed by atoms with Gasteiger partial charge < -0.3 is 10.5 Å². The van der Waals surface area contributed by atoms with Gasteiger partial charge in [0, 0.05) is 6.04 Å². The number of hydrogen-bond acceptors (Lipinski definition) is 2. The summed E-state index contributed by atoms with van der Waals surface area (Å²) in [5, 5.41) is 0. The van der Waals surface area contributed by atoms with Crippen LogP contribution in [0.5, 0.6) is 0 Å². The summed E-state index contributed by atoms with van der Waals surface area (Å²) in [5.41, 5.74) is 4.53. The first kappa shape index (κ1) is 13.7. The van der Waals surface area contributed by atoms with Crippen molar-refractivity contribution in [3.05, 3.63) is 0 Å². The van der Waals surface area contributed by atoms with E-state index in [1.165, 1.54) is 0 Å². The molecule has 0 amide bonds. The highest BCUT2D eigenvalue weighted by molar-refractivity contribution is 4.81. The smallest absolute Gasteiger partial charge is 0.362 e. The van der Waals surface area contributed by atoms with Crippen LogP contribution in [0.2, 0.25) is 0 Å². The Bertz CT molecular complexity index is 174. The molecule has 2 N–H and O–H groups in total. The Morgan fingerprint density at radius 1 is 1.21 bits per heavy atom. The van der Waals surface area contributed by atoms with E-state index in [0.717, 1.165) is 0 Å². The Balaban J connectivity index is 4.58. The first-order valence-corrected chi connectivity index (χ1v) is 4.58. The molecule has 2 nitrogen and oxygen atoms in total. The fourth-order valence-corrected chi connectivity index (χ4v) is 0.992. The van der Waals surface area contributed by atoms with Gasteiger partial charge in [-0.3, -0.25) is 0 Å². The SMILES string of the molecule is CCC(N)C(OC(C)(C)C)C(F)(F)F. The normalized spacial score (nSPS) is 18.0. The van der Waals surface area contributed by atoms with Gasteiger partial charge in [-0.15, -0.1) is 0 Å². The van der Waals surface area contributed by atoms with E-state index in [4.69, 9.17) is 10.5 Å². The first-order chi connectivity index (χ1) is 6.08. The van der Waals surface area contributed by atoms with Crippen molar-refractivity contribution in [3.8, 4) is 0 Å². The molecule has 0 aliphatic heterocycles. The lowest BCUT2D eigenvalue weighted by Gasteiger charge is -2.32. The van der Waals surface area contributed by atoms with Gasteiger partial charge in [0.1, 0.15) is 0 Å². The highest BCUT2D eigenvalue weighted by Crippen LogP contribution is 2.29. The van der Waals surface area contributed by atoms with Gasteiger partial charge in [0.2, 0.25) is 0 Å². The van der Waals surface area contributed by atoms with Gasteiger partial charge in [-0.05, 0) is 27.2 Å². The van der Waals surface area contributed by atoms with E-state index in [1.54, 1.807) is 27.7 Å². The molecule has 0 aliphatic carbocycles. The van der Waals surface area contributed by atoms with E-state index in [1.807, 2.05) is 0 Å². The van der Waals surface area contributed by atoms with Crippen molar-refractivity contribution in [2.75, 3.05) is 0 Å². The van der Waals surface area contributed by atoms with Gasteiger partial charge in [0.05, 0.1) is 5.60 Å². The molecule has 0 aliphatic rings. The van der Waals surface area contributed by atoms with Gasteiger partial charge in [-0.2, -0.15) is 13.2 Å². The molecule has 0 spiro atoms. The van der Waals surface area contributed by atoms with Crippen molar-refractivity contribution >= 4 is 0 Å². The molecular formula is C9H18F3NO. The highest BCUT2D eigenvalue weighted by Gasteiger charge is 2.45. The fourth-order valence-electron chi connectivity index (χ4n) is 0.992. The molecule has 0 saturated heterocycles. The Hall–Kier alpha value is -0.290. The van der Waals surface area contributed by atoms with E-state index in [0.29, 0.717) is 0 Å². The van der Waals surface area contributed by atoms with Crippen LogP contribution < -0.4 is 5.73 Å². The fraction of sp³-hybridized carbons (Fsp3) is 1.00. The van der Waals surface area contributed by atoms with E-state index >= 15 is 0 Å². The molecule has 0 rings (SSSR count). The molecule has 2 atom stereocenters. The summed E-state index contributed by atoms with van der Waals surface area (Å²) < 4.78 is 42.4. The second-order valence-electron chi connectivity index (χ2n) is 4.26. The molecule has 5 heteroatoms. The summed E-state index contributed by atoms with van der Waals surface area (Å²) in [6.45, 7) is 6.34. The third-order valence-corrected chi connectivity index (χ3v) is 1.66. The molecule has 0 fully saturated rings. The molecule has 0 saturated carbocycles. The maximum Gasteiger partial charge on any atom is 0.416 e. The molecule has 0 aromatic heterocycles. The van der Waals surface area contributed by atoms with Crippen molar-refractivity contribution in [1.82, 2.24) is 0 Å². The zero-order valence-electron chi connectivity index (χ0n) is 8.98. The lowest BCUT2D eigenvalue weighted by atomic mass is 10.1. The lowest BCUT2D eigenvalue weighted by Crippen LogP contribution is -2.49. The van der Waals surface area contributed by atoms with E-state index in [2.05, 4.69) is 0 Å². The minimum atomic E-state index is -4.40. The van der Waals surface area contributed by atoms with E-state index in [9.17, 15) is 13.2 Å². The zero-order chi connectivity index (χ0) is 11.6. The summed E-state index contributed by atoms with van der Waals surface area (Å²) in [6.07, 6.45) is -6.05. The van der Waals surface area contributed by atoms with Gasteiger partial charge in [0.15, 0.2) is 6.10 Å². The van der Waals surface area contributed by atoms with Crippen LogP contribution in [-0.2, 0) is 4.74 Å². The standard InChI is InChI=1S/C9H18F3NO/c1-5-6(13)7(9(10,11)12)14-8(2,3)4/h6-7H,5,13H2,1-4H3. The van der Waals surface area contributed by atoms with Crippen LogP contribution >= 0.6 is 0 Å². The van der Waals surface area contributed by atoms with Gasteiger partial charge in [-0.1, -0.05) is 6.92 Å². The third-order valence-electron chi connectivity index (χ3n) is 1.66. The van der Waals surface area contributed by atoms with E-state index in [-0.39, 0.29) is 6.42 Å². The second-order valence-corrected chi connectivity index (χ2v) is 4.26. The molecule has 14 heavy (non-hydrogen) atoms. The monoisotopic (exact) mass is 213 g/mol. The molecule has 0 radical (unpaired) electrons. The molecule has 0 heterocycles. The Labute approximate surface area is 82.6 Å². The summed E-state index contributed by atoms with van der Waals surface area (Å²) >= 11 is 0. The van der Waals surface area contributed by atoms with Crippen LogP contribution in [0.4, 0.5) is 13.2 Å². The zero-order valence-corrected chi connectivity index (χ0v) is 8.98. The minimum absolute atomic E-state index is 0.236. The van der Waals surface area contributed by atoms with Crippen LogP contribution in [-0.4, -0.2) is 23.9 Å².